The monoisotopic (exact) mass is 290 g/mol. The number of nitrogens with zero attached hydrogens (tertiary/aromatic N) is 1. The van der Waals surface area contributed by atoms with Gasteiger partial charge in [0.15, 0.2) is 0 Å². The second-order valence-corrected chi connectivity index (χ2v) is 6.27. The zero-order valence-corrected chi connectivity index (χ0v) is 13.3. The minimum atomic E-state index is -0.282. The quantitative estimate of drug-likeness (QED) is 0.926. The molecule has 0 bridgehead atoms. The molecule has 2 amide bonds. The van der Waals surface area contributed by atoms with Crippen molar-refractivity contribution in [3.8, 4) is 0 Å². The Morgan fingerprint density at radius 3 is 2.76 bits per heavy atom. The Bertz CT molecular complexity index is 459. The van der Waals surface area contributed by atoms with E-state index >= 15 is 0 Å². The second kappa shape index (κ2) is 6.94. The molecule has 1 fully saturated rings. The Hall–Kier alpha value is -1.55. The van der Waals surface area contributed by atoms with E-state index < -0.39 is 0 Å². The standard InChI is InChI=1S/C17H26N2O2/c1-4-10-18-16(20)19-15(12-21-13-17(19,2)3)11-14-8-6-5-7-9-14/h5-9,15H,4,10-13H2,1-3H3,(H,18,20). The third-order valence-corrected chi connectivity index (χ3v) is 3.84. The molecule has 116 valence electrons. The van der Waals surface area contributed by atoms with Crippen LogP contribution in [0.15, 0.2) is 30.3 Å². The summed E-state index contributed by atoms with van der Waals surface area (Å²) < 4.78 is 5.73. The highest BCUT2D eigenvalue weighted by atomic mass is 16.5. The molecular formula is C17H26N2O2. The lowest BCUT2D eigenvalue weighted by Crippen LogP contribution is -2.63. The lowest BCUT2D eigenvalue weighted by atomic mass is 9.95. The molecule has 0 saturated carbocycles. The number of morpholine rings is 1. The van der Waals surface area contributed by atoms with Crippen LogP contribution >= 0.6 is 0 Å². The van der Waals surface area contributed by atoms with E-state index in [1.807, 2.05) is 23.1 Å². The number of carbonyl (C=O) groups is 1. The average Bonchev–Trinajstić information content (AvgIpc) is 2.45. The Labute approximate surface area is 127 Å². The fourth-order valence-corrected chi connectivity index (χ4v) is 2.88. The molecule has 21 heavy (non-hydrogen) atoms. The number of benzene rings is 1. The summed E-state index contributed by atoms with van der Waals surface area (Å²) in [6.07, 6.45) is 1.77. The summed E-state index contributed by atoms with van der Waals surface area (Å²) in [4.78, 5) is 14.5. The Balaban J connectivity index is 2.14. The van der Waals surface area contributed by atoms with Crippen LogP contribution in [-0.2, 0) is 11.2 Å². The summed E-state index contributed by atoms with van der Waals surface area (Å²) in [7, 11) is 0. The number of nitrogens with one attached hydrogen (secondary N) is 1. The minimum absolute atomic E-state index is 0.0195. The van der Waals surface area contributed by atoms with Gasteiger partial charge in [-0.15, -0.1) is 0 Å². The highest BCUT2D eigenvalue weighted by Crippen LogP contribution is 2.25. The Morgan fingerprint density at radius 2 is 2.10 bits per heavy atom. The summed E-state index contributed by atoms with van der Waals surface area (Å²) in [5, 5.41) is 3.00. The van der Waals surface area contributed by atoms with Gasteiger partial charge in [-0.05, 0) is 32.3 Å². The van der Waals surface area contributed by atoms with E-state index in [9.17, 15) is 4.79 Å². The molecule has 1 saturated heterocycles. The molecule has 0 spiro atoms. The summed E-state index contributed by atoms with van der Waals surface area (Å²) in [6.45, 7) is 8.08. The lowest BCUT2D eigenvalue weighted by Gasteiger charge is -2.47. The first kappa shape index (κ1) is 15.8. The number of amides is 2. The second-order valence-electron chi connectivity index (χ2n) is 6.27. The van der Waals surface area contributed by atoms with Gasteiger partial charge in [0.1, 0.15) is 0 Å². The number of hydrogen-bond donors (Lipinski definition) is 1. The largest absolute Gasteiger partial charge is 0.377 e. The van der Waals surface area contributed by atoms with Crippen LogP contribution in [0.25, 0.3) is 0 Å². The highest BCUT2D eigenvalue weighted by Gasteiger charge is 2.40. The molecule has 1 heterocycles. The van der Waals surface area contributed by atoms with Gasteiger partial charge in [0.2, 0.25) is 0 Å². The van der Waals surface area contributed by atoms with Crippen LogP contribution in [0, 0.1) is 0 Å². The van der Waals surface area contributed by atoms with Crippen molar-refractivity contribution in [3.63, 3.8) is 0 Å². The van der Waals surface area contributed by atoms with Crippen LogP contribution in [0.3, 0.4) is 0 Å². The Morgan fingerprint density at radius 1 is 1.38 bits per heavy atom. The van der Waals surface area contributed by atoms with Crippen LogP contribution in [0.4, 0.5) is 4.79 Å². The van der Waals surface area contributed by atoms with Gasteiger partial charge >= 0.3 is 6.03 Å². The smallest absolute Gasteiger partial charge is 0.318 e. The third-order valence-electron chi connectivity index (χ3n) is 3.84. The molecule has 4 heteroatoms. The van der Waals surface area contributed by atoms with Crippen LogP contribution < -0.4 is 5.32 Å². The highest BCUT2D eigenvalue weighted by molar-refractivity contribution is 5.75. The van der Waals surface area contributed by atoms with E-state index in [0.717, 1.165) is 12.8 Å². The molecule has 4 nitrogen and oxygen atoms in total. The van der Waals surface area contributed by atoms with Gasteiger partial charge < -0.3 is 15.0 Å². The van der Waals surface area contributed by atoms with Crippen molar-refractivity contribution in [1.82, 2.24) is 10.2 Å². The Kier molecular flexibility index (Phi) is 5.23. The van der Waals surface area contributed by atoms with Crippen molar-refractivity contribution in [3.05, 3.63) is 35.9 Å². The molecule has 2 rings (SSSR count). The summed E-state index contributed by atoms with van der Waals surface area (Å²) in [6, 6.07) is 10.4. The van der Waals surface area contributed by atoms with E-state index in [2.05, 4.69) is 38.2 Å². The van der Waals surface area contributed by atoms with E-state index in [1.54, 1.807) is 0 Å². The molecule has 1 aliphatic heterocycles. The van der Waals surface area contributed by atoms with Gasteiger partial charge in [-0.2, -0.15) is 0 Å². The van der Waals surface area contributed by atoms with Gasteiger partial charge in [-0.25, -0.2) is 4.79 Å². The van der Waals surface area contributed by atoms with Crippen LogP contribution in [-0.4, -0.2) is 42.3 Å². The molecule has 0 radical (unpaired) electrons. The van der Waals surface area contributed by atoms with Crippen LogP contribution in [0.5, 0.6) is 0 Å². The third kappa shape index (κ3) is 3.97. The predicted octanol–water partition coefficient (Wildman–Crippen LogP) is 2.83. The van der Waals surface area contributed by atoms with Gasteiger partial charge in [0, 0.05) is 6.54 Å². The number of carbonyl (C=O) groups excluding carboxylic acids is 1. The first-order chi connectivity index (χ1) is 10.0. The fourth-order valence-electron chi connectivity index (χ4n) is 2.88. The van der Waals surface area contributed by atoms with E-state index in [1.165, 1.54) is 5.56 Å². The molecule has 0 aromatic heterocycles. The molecule has 1 aliphatic rings. The van der Waals surface area contributed by atoms with Crippen molar-refractivity contribution in [1.29, 1.82) is 0 Å². The molecule has 0 aliphatic carbocycles. The van der Waals surface area contributed by atoms with Crippen molar-refractivity contribution >= 4 is 6.03 Å². The molecule has 1 aromatic carbocycles. The van der Waals surface area contributed by atoms with E-state index in [-0.39, 0.29) is 17.6 Å². The molecule has 1 atom stereocenters. The zero-order valence-electron chi connectivity index (χ0n) is 13.3. The van der Waals surface area contributed by atoms with Gasteiger partial charge in [0.05, 0.1) is 24.8 Å². The van der Waals surface area contributed by atoms with Crippen molar-refractivity contribution < 1.29 is 9.53 Å². The molecular weight excluding hydrogens is 264 g/mol. The summed E-state index contributed by atoms with van der Waals surface area (Å²) in [5.41, 5.74) is 0.951. The maximum absolute atomic E-state index is 12.5. The SMILES string of the molecule is CCCNC(=O)N1C(Cc2ccccc2)COCC1(C)C. The number of rotatable bonds is 4. The first-order valence-electron chi connectivity index (χ1n) is 7.73. The molecule has 1 N–H and O–H groups in total. The predicted molar refractivity (Wildman–Crippen MR) is 84.4 cm³/mol. The van der Waals surface area contributed by atoms with E-state index in [4.69, 9.17) is 4.74 Å². The van der Waals surface area contributed by atoms with Gasteiger partial charge in [-0.1, -0.05) is 37.3 Å². The summed E-state index contributed by atoms with van der Waals surface area (Å²) in [5.74, 6) is 0. The number of ether oxygens (including phenoxy) is 1. The maximum atomic E-state index is 12.5. The molecule has 1 unspecified atom stereocenters. The average molecular weight is 290 g/mol. The van der Waals surface area contributed by atoms with Gasteiger partial charge in [-0.3, -0.25) is 0 Å². The van der Waals surface area contributed by atoms with Gasteiger partial charge in [0.25, 0.3) is 0 Å². The van der Waals surface area contributed by atoms with Crippen LogP contribution in [0.2, 0.25) is 0 Å². The minimum Gasteiger partial charge on any atom is -0.377 e. The maximum Gasteiger partial charge on any atom is 0.318 e. The van der Waals surface area contributed by atoms with Crippen molar-refractivity contribution in [2.24, 2.45) is 0 Å². The van der Waals surface area contributed by atoms with Crippen molar-refractivity contribution in [2.75, 3.05) is 19.8 Å². The van der Waals surface area contributed by atoms with Crippen LogP contribution in [0.1, 0.15) is 32.8 Å². The zero-order chi connectivity index (χ0) is 15.3. The first-order valence-corrected chi connectivity index (χ1v) is 7.73. The normalized spacial score (nSPS) is 21.1. The van der Waals surface area contributed by atoms with E-state index in [0.29, 0.717) is 19.8 Å². The lowest BCUT2D eigenvalue weighted by molar-refractivity contribution is -0.0638. The summed E-state index contributed by atoms with van der Waals surface area (Å²) >= 11 is 0. The molecule has 1 aromatic rings. The fraction of sp³-hybridized carbons (Fsp3) is 0.588. The van der Waals surface area contributed by atoms with Crippen molar-refractivity contribution in [2.45, 2.75) is 45.2 Å². The number of hydrogen-bond acceptors (Lipinski definition) is 2. The number of urea groups is 1. The topological polar surface area (TPSA) is 41.6 Å².